The van der Waals surface area contributed by atoms with Crippen molar-refractivity contribution in [2.75, 3.05) is 6.61 Å². The number of hydrogen-bond donors (Lipinski definition) is 3. The van der Waals surface area contributed by atoms with E-state index in [1.807, 2.05) is 18.4 Å². The minimum absolute atomic E-state index is 0.0501. The average Bonchev–Trinajstić information content (AvgIpc) is 2.61. The molecule has 1 unspecified atom stereocenters. The van der Waals surface area contributed by atoms with Crippen LogP contribution in [-0.4, -0.2) is 23.8 Å². The highest BCUT2D eigenvalue weighted by atomic mass is 32.1. The predicted molar refractivity (Wildman–Crippen MR) is 61.0 cm³/mol. The van der Waals surface area contributed by atoms with Crippen LogP contribution in [0.5, 0.6) is 0 Å². The second kappa shape index (κ2) is 5.72. The fourth-order valence-corrected chi connectivity index (χ4v) is 1.91. The maximum atomic E-state index is 11.3. The van der Waals surface area contributed by atoms with Gasteiger partial charge in [0.1, 0.15) is 0 Å². The molecule has 15 heavy (non-hydrogen) atoms. The Balaban J connectivity index is 2.31. The van der Waals surface area contributed by atoms with Crippen molar-refractivity contribution in [3.8, 4) is 0 Å². The summed E-state index contributed by atoms with van der Waals surface area (Å²) in [5, 5.41) is 16.1. The normalized spacial score (nSPS) is 12.2. The van der Waals surface area contributed by atoms with E-state index in [2.05, 4.69) is 10.6 Å². The summed E-state index contributed by atoms with van der Waals surface area (Å²) in [5.74, 6) is 0. The lowest BCUT2D eigenvalue weighted by molar-refractivity contribution is 0.220. The van der Waals surface area contributed by atoms with E-state index in [0.717, 1.165) is 4.88 Å². The number of rotatable bonds is 4. The Morgan fingerprint density at radius 3 is 2.93 bits per heavy atom. The van der Waals surface area contributed by atoms with Gasteiger partial charge in [0.25, 0.3) is 0 Å². The van der Waals surface area contributed by atoms with Gasteiger partial charge in [0.05, 0.1) is 19.2 Å². The average molecular weight is 228 g/mol. The van der Waals surface area contributed by atoms with Crippen LogP contribution in [0, 0.1) is 6.92 Å². The van der Waals surface area contributed by atoms with Gasteiger partial charge in [-0.2, -0.15) is 0 Å². The number of aryl methyl sites for hydroxylation is 1. The molecule has 0 saturated heterocycles. The molecule has 4 nitrogen and oxygen atoms in total. The fourth-order valence-electron chi connectivity index (χ4n) is 1.07. The Labute approximate surface area is 93.3 Å². The van der Waals surface area contributed by atoms with E-state index in [9.17, 15) is 4.79 Å². The quantitative estimate of drug-likeness (QED) is 0.726. The zero-order valence-electron chi connectivity index (χ0n) is 8.91. The topological polar surface area (TPSA) is 61.4 Å². The van der Waals surface area contributed by atoms with Gasteiger partial charge in [-0.15, -0.1) is 11.3 Å². The molecule has 0 aliphatic heterocycles. The molecular weight excluding hydrogens is 212 g/mol. The second-order valence-corrected chi connectivity index (χ2v) is 4.44. The highest BCUT2D eigenvalue weighted by molar-refractivity contribution is 7.10. The van der Waals surface area contributed by atoms with Crippen molar-refractivity contribution in [3.63, 3.8) is 0 Å². The summed E-state index contributed by atoms with van der Waals surface area (Å²) in [7, 11) is 0. The lowest BCUT2D eigenvalue weighted by Gasteiger charge is -2.11. The molecule has 84 valence electrons. The first kappa shape index (κ1) is 12.0. The van der Waals surface area contributed by atoms with E-state index in [1.54, 1.807) is 18.3 Å². The van der Waals surface area contributed by atoms with E-state index in [1.165, 1.54) is 5.56 Å². The van der Waals surface area contributed by atoms with Gasteiger partial charge in [0.2, 0.25) is 0 Å². The Bertz CT molecular complexity index is 325. The highest BCUT2D eigenvalue weighted by Crippen LogP contribution is 2.14. The van der Waals surface area contributed by atoms with Crippen LogP contribution in [0.25, 0.3) is 0 Å². The van der Waals surface area contributed by atoms with Gasteiger partial charge < -0.3 is 15.7 Å². The first-order chi connectivity index (χ1) is 7.13. The zero-order valence-corrected chi connectivity index (χ0v) is 9.73. The number of carbonyl (C=O) groups is 1. The predicted octanol–water partition coefficient (Wildman–Crippen LogP) is 1.24. The van der Waals surface area contributed by atoms with Crippen molar-refractivity contribution in [1.29, 1.82) is 0 Å². The Morgan fingerprint density at radius 2 is 2.40 bits per heavy atom. The number of thiophene rings is 1. The molecule has 0 radical (unpaired) electrons. The van der Waals surface area contributed by atoms with Gasteiger partial charge in [-0.05, 0) is 30.9 Å². The maximum absolute atomic E-state index is 11.3. The van der Waals surface area contributed by atoms with Crippen LogP contribution in [0.15, 0.2) is 11.4 Å². The first-order valence-electron chi connectivity index (χ1n) is 4.81. The fraction of sp³-hybridized carbons (Fsp3) is 0.500. The lowest BCUT2D eigenvalue weighted by atomic mass is 10.3. The molecule has 2 amide bonds. The van der Waals surface area contributed by atoms with E-state index in [4.69, 9.17) is 5.11 Å². The zero-order chi connectivity index (χ0) is 11.3. The number of nitrogens with one attached hydrogen (secondary N) is 2. The van der Waals surface area contributed by atoms with Crippen molar-refractivity contribution in [2.45, 2.75) is 26.4 Å². The molecule has 3 N–H and O–H groups in total. The van der Waals surface area contributed by atoms with Gasteiger partial charge in [0.15, 0.2) is 0 Å². The molecule has 0 fully saturated rings. The third-order valence-corrected chi connectivity index (χ3v) is 3.05. The standard InChI is InChI=1S/C10H16N2O2S/c1-7-3-4-15-9(7)5-11-10(14)12-8(2)6-13/h3-4,8,13H,5-6H2,1-2H3,(H2,11,12,14). The van der Waals surface area contributed by atoms with Gasteiger partial charge >= 0.3 is 6.03 Å². The third kappa shape index (κ3) is 3.89. The smallest absolute Gasteiger partial charge is 0.315 e. The molecule has 1 rings (SSSR count). The van der Waals surface area contributed by atoms with Crippen LogP contribution in [0.3, 0.4) is 0 Å². The summed E-state index contributed by atoms with van der Waals surface area (Å²) in [5.41, 5.74) is 1.19. The van der Waals surface area contributed by atoms with Crippen molar-refractivity contribution in [2.24, 2.45) is 0 Å². The van der Waals surface area contributed by atoms with Gasteiger partial charge in [-0.3, -0.25) is 0 Å². The molecule has 0 aliphatic rings. The number of hydrogen-bond acceptors (Lipinski definition) is 3. The molecule has 0 aromatic carbocycles. The largest absolute Gasteiger partial charge is 0.394 e. The van der Waals surface area contributed by atoms with Crippen molar-refractivity contribution >= 4 is 17.4 Å². The van der Waals surface area contributed by atoms with Gasteiger partial charge in [-0.1, -0.05) is 0 Å². The van der Waals surface area contributed by atoms with E-state index >= 15 is 0 Å². The molecule has 0 saturated carbocycles. The van der Waals surface area contributed by atoms with Crippen LogP contribution < -0.4 is 10.6 Å². The van der Waals surface area contributed by atoms with E-state index in [-0.39, 0.29) is 18.7 Å². The molecule has 1 aromatic heterocycles. The Kier molecular flexibility index (Phi) is 4.58. The van der Waals surface area contributed by atoms with Crippen molar-refractivity contribution < 1.29 is 9.90 Å². The molecule has 1 atom stereocenters. The molecule has 0 aliphatic carbocycles. The Morgan fingerprint density at radius 1 is 1.67 bits per heavy atom. The first-order valence-corrected chi connectivity index (χ1v) is 5.69. The van der Waals surface area contributed by atoms with Crippen molar-refractivity contribution in [3.05, 3.63) is 21.9 Å². The minimum Gasteiger partial charge on any atom is -0.394 e. The van der Waals surface area contributed by atoms with E-state index in [0.29, 0.717) is 6.54 Å². The molecule has 0 spiro atoms. The number of aliphatic hydroxyl groups excluding tert-OH is 1. The van der Waals surface area contributed by atoms with Crippen LogP contribution in [-0.2, 0) is 6.54 Å². The monoisotopic (exact) mass is 228 g/mol. The Hall–Kier alpha value is -1.07. The third-order valence-electron chi connectivity index (χ3n) is 2.03. The van der Waals surface area contributed by atoms with Crippen LogP contribution in [0.2, 0.25) is 0 Å². The van der Waals surface area contributed by atoms with Gasteiger partial charge in [-0.25, -0.2) is 4.79 Å². The van der Waals surface area contributed by atoms with Crippen molar-refractivity contribution in [1.82, 2.24) is 10.6 Å². The second-order valence-electron chi connectivity index (χ2n) is 3.44. The summed E-state index contributed by atoms with van der Waals surface area (Å²) in [4.78, 5) is 12.4. The number of amides is 2. The SMILES string of the molecule is Cc1ccsc1CNC(=O)NC(C)CO. The molecule has 1 aromatic rings. The molecule has 0 bridgehead atoms. The summed E-state index contributed by atoms with van der Waals surface area (Å²) in [6.07, 6.45) is 0. The number of carbonyl (C=O) groups excluding carboxylic acids is 1. The van der Waals surface area contributed by atoms with Crippen LogP contribution in [0.4, 0.5) is 4.79 Å². The minimum atomic E-state index is -0.246. The van der Waals surface area contributed by atoms with Crippen LogP contribution in [0.1, 0.15) is 17.4 Å². The summed E-state index contributed by atoms with van der Waals surface area (Å²) in [6, 6.07) is 1.56. The summed E-state index contributed by atoms with van der Waals surface area (Å²) < 4.78 is 0. The van der Waals surface area contributed by atoms with E-state index < -0.39 is 0 Å². The number of urea groups is 1. The molecule has 5 heteroatoms. The number of aliphatic hydroxyl groups is 1. The lowest BCUT2D eigenvalue weighted by Crippen LogP contribution is -2.41. The summed E-state index contributed by atoms with van der Waals surface area (Å²) >= 11 is 1.62. The van der Waals surface area contributed by atoms with Crippen LogP contribution >= 0.6 is 11.3 Å². The molecular formula is C10H16N2O2S. The summed E-state index contributed by atoms with van der Waals surface area (Å²) in [6.45, 7) is 4.25. The maximum Gasteiger partial charge on any atom is 0.315 e. The van der Waals surface area contributed by atoms with Gasteiger partial charge in [0, 0.05) is 4.88 Å². The molecule has 1 heterocycles. The highest BCUT2D eigenvalue weighted by Gasteiger charge is 2.06.